The fourth-order valence-electron chi connectivity index (χ4n) is 2.71. The molecule has 1 saturated heterocycles. The predicted molar refractivity (Wildman–Crippen MR) is 66.2 cm³/mol. The van der Waals surface area contributed by atoms with Crippen molar-refractivity contribution in [3.8, 4) is 0 Å². The molecule has 6 nitrogen and oxygen atoms in total. The van der Waals surface area contributed by atoms with Gasteiger partial charge in [-0.2, -0.15) is 0 Å². The first-order valence-corrected chi connectivity index (χ1v) is 6.37. The highest BCUT2D eigenvalue weighted by Crippen LogP contribution is 2.35. The van der Waals surface area contributed by atoms with Gasteiger partial charge in [0.1, 0.15) is 0 Å². The van der Waals surface area contributed by atoms with Gasteiger partial charge in [0.2, 0.25) is 0 Å². The summed E-state index contributed by atoms with van der Waals surface area (Å²) in [6.45, 7) is 2.10. The van der Waals surface area contributed by atoms with Crippen molar-refractivity contribution in [2.45, 2.75) is 44.3 Å². The van der Waals surface area contributed by atoms with Crippen LogP contribution in [0.25, 0.3) is 0 Å². The Morgan fingerprint density at radius 2 is 2.00 bits per heavy atom. The van der Waals surface area contributed by atoms with Crippen molar-refractivity contribution >= 4 is 0 Å². The molecule has 2 aliphatic carbocycles. The number of hydrogen-bond donors (Lipinski definition) is 1. The Hall–Kier alpha value is -0.920. The minimum atomic E-state index is -0.357. The highest BCUT2D eigenvalue weighted by molar-refractivity contribution is 5.33. The lowest BCUT2D eigenvalue weighted by Gasteiger charge is -2.41. The second-order valence-corrected chi connectivity index (χ2v) is 5.33. The van der Waals surface area contributed by atoms with E-state index in [2.05, 4.69) is 29.3 Å². The Balaban J connectivity index is 1.60. The third-order valence-electron chi connectivity index (χ3n) is 3.99. The topological polar surface area (TPSA) is 73.9 Å². The Labute approximate surface area is 106 Å². The van der Waals surface area contributed by atoms with E-state index in [1.165, 1.54) is 5.57 Å². The van der Waals surface area contributed by atoms with Gasteiger partial charge in [-0.1, -0.05) is 13.0 Å². The van der Waals surface area contributed by atoms with E-state index in [0.29, 0.717) is 29.2 Å². The van der Waals surface area contributed by atoms with Crippen LogP contribution in [-0.2, 0) is 4.94 Å². The van der Waals surface area contributed by atoms with Crippen LogP contribution in [0.1, 0.15) is 26.2 Å². The maximum atomic E-state index is 11.5. The maximum absolute atomic E-state index is 11.5. The highest BCUT2D eigenvalue weighted by atomic mass is 17.1. The first kappa shape index (κ1) is 12.1. The average Bonchev–Trinajstić information content (AvgIpc) is 3.10. The van der Waals surface area contributed by atoms with Crippen LogP contribution in [0, 0.1) is 16.3 Å². The van der Waals surface area contributed by atoms with Crippen LogP contribution in [0.15, 0.2) is 23.9 Å². The molecule has 0 radical (unpaired) electrons. The smallest absolute Gasteiger partial charge is 0.0426 e. The molecule has 18 heavy (non-hydrogen) atoms. The van der Waals surface area contributed by atoms with Gasteiger partial charge in [0.15, 0.2) is 0 Å². The van der Waals surface area contributed by atoms with E-state index in [9.17, 15) is 10.4 Å². The van der Waals surface area contributed by atoms with Crippen molar-refractivity contribution in [1.82, 2.24) is 15.8 Å². The minimum absolute atomic E-state index is 0.216. The quantitative estimate of drug-likeness (QED) is 0.817. The Kier molecular flexibility index (Phi) is 3.13. The van der Waals surface area contributed by atoms with Crippen molar-refractivity contribution in [1.29, 1.82) is 0 Å². The molecule has 3 aliphatic rings. The molecule has 1 N–H and O–H groups in total. The second kappa shape index (κ2) is 4.64. The normalized spacial score (nSPS) is 40.9. The number of hydrogen-bond acceptors (Lipinski definition) is 6. The Morgan fingerprint density at radius 3 is 2.67 bits per heavy atom. The highest BCUT2D eigenvalue weighted by Gasteiger charge is 2.41. The summed E-state index contributed by atoms with van der Waals surface area (Å²) in [7, 11) is 0. The molecule has 3 rings (SSSR count). The Morgan fingerprint density at radius 1 is 1.33 bits per heavy atom. The van der Waals surface area contributed by atoms with Crippen molar-refractivity contribution in [3.05, 3.63) is 34.3 Å². The molecule has 0 spiro atoms. The van der Waals surface area contributed by atoms with E-state index in [-0.39, 0.29) is 18.1 Å². The molecule has 0 amide bonds. The van der Waals surface area contributed by atoms with Crippen LogP contribution >= 0.6 is 0 Å². The lowest BCUT2D eigenvalue weighted by atomic mass is 9.80. The number of hydroxylamine groups is 4. The fourth-order valence-corrected chi connectivity index (χ4v) is 2.71. The van der Waals surface area contributed by atoms with Crippen molar-refractivity contribution in [2.24, 2.45) is 5.92 Å². The molecule has 4 atom stereocenters. The summed E-state index contributed by atoms with van der Waals surface area (Å²) in [5.41, 5.74) is 1.34. The number of rotatable bonds is 3. The minimum Gasteiger partial charge on any atom is -0.760 e. The second-order valence-electron chi connectivity index (χ2n) is 5.33. The summed E-state index contributed by atoms with van der Waals surface area (Å²) in [6, 6.07) is -0.469. The zero-order chi connectivity index (χ0) is 12.7. The molecule has 1 heterocycles. The van der Waals surface area contributed by atoms with Crippen LogP contribution in [0.3, 0.4) is 0 Å². The van der Waals surface area contributed by atoms with Crippen molar-refractivity contribution in [2.75, 3.05) is 0 Å². The molecule has 2 fully saturated rings. The number of nitrogens with one attached hydrogen (secondary N) is 1. The summed E-state index contributed by atoms with van der Waals surface area (Å²) in [5.74, 6) is 0.343. The summed E-state index contributed by atoms with van der Waals surface area (Å²) in [6.07, 6.45) is 8.55. The van der Waals surface area contributed by atoms with E-state index in [1.54, 1.807) is 0 Å². The van der Waals surface area contributed by atoms with Gasteiger partial charge in [0, 0.05) is 18.1 Å². The van der Waals surface area contributed by atoms with Crippen LogP contribution in [0.4, 0.5) is 0 Å². The van der Waals surface area contributed by atoms with Gasteiger partial charge in [-0.15, -0.1) is 0 Å². The average molecular weight is 251 g/mol. The molecule has 100 valence electrons. The maximum Gasteiger partial charge on any atom is 0.0426 e. The Bertz CT molecular complexity index is 385. The molecule has 0 bridgehead atoms. The lowest BCUT2D eigenvalue weighted by Crippen LogP contribution is -2.49. The zero-order valence-electron chi connectivity index (χ0n) is 10.3. The molecule has 1 saturated carbocycles. The van der Waals surface area contributed by atoms with Gasteiger partial charge >= 0.3 is 0 Å². The summed E-state index contributed by atoms with van der Waals surface area (Å²) in [5, 5.41) is 27.1. The first-order valence-electron chi connectivity index (χ1n) is 6.37. The van der Waals surface area contributed by atoms with Crippen LogP contribution in [0.5, 0.6) is 0 Å². The van der Waals surface area contributed by atoms with E-state index in [0.717, 1.165) is 6.42 Å². The molecule has 1 aliphatic heterocycles. The summed E-state index contributed by atoms with van der Waals surface area (Å²) in [4.78, 5) is 4.56. The molecule has 6 heteroatoms. The first-order chi connectivity index (χ1) is 8.65. The molecule has 0 aromatic rings. The van der Waals surface area contributed by atoms with Gasteiger partial charge in [0.25, 0.3) is 0 Å². The van der Waals surface area contributed by atoms with E-state index >= 15 is 0 Å². The van der Waals surface area contributed by atoms with Gasteiger partial charge < -0.3 is 15.7 Å². The van der Waals surface area contributed by atoms with E-state index < -0.39 is 0 Å². The largest absolute Gasteiger partial charge is 0.760 e. The predicted octanol–water partition coefficient (Wildman–Crippen LogP) is 1.42. The zero-order valence-corrected chi connectivity index (χ0v) is 10.3. The van der Waals surface area contributed by atoms with E-state index in [1.807, 2.05) is 6.20 Å². The standard InChI is InChI=1S/C12H17N3O3/c1-8-6-11-12(15(17)18-14(11)16)7-10(8)13-5-4-9-2-3-9/h2,4-5,8,10-13H,3,6-7H2,1H3/q-2. The molecule has 0 aromatic carbocycles. The summed E-state index contributed by atoms with van der Waals surface area (Å²) < 4.78 is 0. The molecular formula is C12H17N3O3-2. The van der Waals surface area contributed by atoms with Crippen LogP contribution in [0.2, 0.25) is 0 Å². The monoisotopic (exact) mass is 251 g/mol. The number of nitrogens with zero attached hydrogens (tertiary/aromatic N) is 2. The lowest BCUT2D eigenvalue weighted by molar-refractivity contribution is -0.234. The van der Waals surface area contributed by atoms with Gasteiger partial charge in [0.05, 0.1) is 0 Å². The third kappa shape index (κ3) is 2.30. The van der Waals surface area contributed by atoms with Gasteiger partial charge in [-0.25, -0.2) is 15.4 Å². The SMILES string of the molecule is CC1CC2C(CC1NC=CC1=CC1)N([O-])ON2[O-]. The third-order valence-corrected chi connectivity index (χ3v) is 3.99. The molecule has 4 unspecified atom stereocenters. The van der Waals surface area contributed by atoms with E-state index in [4.69, 9.17) is 0 Å². The van der Waals surface area contributed by atoms with Gasteiger partial charge in [-0.05, 0) is 43.0 Å². The van der Waals surface area contributed by atoms with Gasteiger partial charge in [-0.3, -0.25) is 0 Å². The fraction of sp³-hybridized carbons (Fsp3) is 0.667. The van der Waals surface area contributed by atoms with Crippen LogP contribution < -0.4 is 5.32 Å². The number of allylic oxidation sites excluding steroid dienone is 3. The van der Waals surface area contributed by atoms with Crippen molar-refractivity contribution in [3.63, 3.8) is 0 Å². The van der Waals surface area contributed by atoms with Crippen LogP contribution in [-0.4, -0.2) is 28.6 Å². The molecule has 0 aromatic heterocycles. The summed E-state index contributed by atoms with van der Waals surface area (Å²) >= 11 is 0. The number of fused-ring (bicyclic) bond motifs is 1. The molecular weight excluding hydrogens is 234 g/mol. The van der Waals surface area contributed by atoms with Crippen molar-refractivity contribution < 1.29 is 4.94 Å².